The number of aliphatic carboxylic acids is 1. The number of carbonyl (C=O) groups is 4. The number of carboxylic acids is 1. The monoisotopic (exact) mass is 523 g/mol. The van der Waals surface area contributed by atoms with Gasteiger partial charge in [-0.3, -0.25) is 14.4 Å². The number of nitrogens with one attached hydrogen (secondary N) is 2. The summed E-state index contributed by atoms with van der Waals surface area (Å²) >= 11 is 1.55. The molecule has 37 heavy (non-hydrogen) atoms. The Hall–Kier alpha value is -3.33. The molecule has 2 aliphatic heterocycles. The molecule has 8 nitrogen and oxygen atoms in total. The van der Waals surface area contributed by atoms with Gasteiger partial charge in [-0.2, -0.15) is 0 Å². The first-order chi connectivity index (χ1) is 17.5. The average molecular weight is 524 g/mol. The Labute approximate surface area is 221 Å². The number of carbonyl (C=O) groups excluding carboxylic acids is 3. The van der Waals surface area contributed by atoms with Gasteiger partial charge >= 0.3 is 5.97 Å². The molecule has 196 valence electrons. The number of rotatable bonds is 9. The van der Waals surface area contributed by atoms with E-state index in [1.165, 1.54) is 0 Å². The first kappa shape index (κ1) is 26.7. The van der Waals surface area contributed by atoms with Crippen molar-refractivity contribution in [3.63, 3.8) is 0 Å². The zero-order valence-corrected chi connectivity index (χ0v) is 22.2. The van der Waals surface area contributed by atoms with Crippen molar-refractivity contribution in [2.45, 2.75) is 68.8 Å². The lowest BCUT2D eigenvalue weighted by Crippen LogP contribution is -2.58. The molecule has 0 saturated carbocycles. The van der Waals surface area contributed by atoms with Crippen LogP contribution in [0.15, 0.2) is 54.6 Å². The molecule has 9 heteroatoms. The van der Waals surface area contributed by atoms with Gasteiger partial charge in [0.15, 0.2) is 0 Å². The number of thioether (sulfide) groups is 1. The van der Waals surface area contributed by atoms with Crippen molar-refractivity contribution in [1.29, 1.82) is 0 Å². The lowest BCUT2D eigenvalue weighted by Gasteiger charge is -2.31. The Morgan fingerprint density at radius 3 is 2.30 bits per heavy atom. The van der Waals surface area contributed by atoms with Gasteiger partial charge in [-0.15, -0.1) is 11.8 Å². The van der Waals surface area contributed by atoms with E-state index in [1.54, 1.807) is 40.9 Å². The van der Waals surface area contributed by atoms with Crippen molar-refractivity contribution in [2.24, 2.45) is 5.92 Å². The van der Waals surface area contributed by atoms with E-state index in [2.05, 4.69) is 10.6 Å². The van der Waals surface area contributed by atoms with Gasteiger partial charge in [-0.1, -0.05) is 62.4 Å². The zero-order chi connectivity index (χ0) is 26.9. The maximum absolute atomic E-state index is 13.7. The Kier molecular flexibility index (Phi) is 7.64. The number of hydrogen-bond acceptors (Lipinski definition) is 5. The summed E-state index contributed by atoms with van der Waals surface area (Å²) in [5, 5.41) is 14.9. The third-order valence-corrected chi connectivity index (χ3v) is 8.32. The molecule has 2 aromatic carbocycles. The largest absolute Gasteiger partial charge is 0.480 e. The summed E-state index contributed by atoms with van der Waals surface area (Å²) in [5.41, 5.74) is 2.26. The van der Waals surface area contributed by atoms with E-state index in [1.807, 2.05) is 58.0 Å². The summed E-state index contributed by atoms with van der Waals surface area (Å²) in [4.78, 5) is 53.8. The second-order valence-electron chi connectivity index (χ2n) is 10.6. The highest BCUT2D eigenvalue weighted by atomic mass is 32.2. The third-order valence-electron chi connectivity index (χ3n) is 6.78. The van der Waals surface area contributed by atoms with Crippen LogP contribution in [0.25, 0.3) is 0 Å². The topological polar surface area (TPSA) is 116 Å². The molecular weight excluding hydrogens is 490 g/mol. The molecule has 4 atom stereocenters. The van der Waals surface area contributed by atoms with Gasteiger partial charge in [0.25, 0.3) is 5.91 Å². The molecule has 3 N–H and O–H groups in total. The van der Waals surface area contributed by atoms with E-state index in [4.69, 9.17) is 0 Å². The number of amides is 3. The average Bonchev–Trinajstić information content (AvgIpc) is 3.27. The van der Waals surface area contributed by atoms with Crippen molar-refractivity contribution >= 4 is 35.5 Å². The van der Waals surface area contributed by atoms with E-state index in [9.17, 15) is 24.3 Å². The van der Waals surface area contributed by atoms with Gasteiger partial charge in [0, 0.05) is 16.7 Å². The fourth-order valence-corrected chi connectivity index (χ4v) is 6.67. The SMILES string of the molecule is CC(C)C[C@H](NC(=O)[C@@H]1N2C(=O)c3ccccc3[C@H]2SC1(C)C)C(=O)N[C@@H](Cc1ccccc1)C(=O)O. The van der Waals surface area contributed by atoms with Crippen LogP contribution in [0.4, 0.5) is 0 Å². The first-order valence-electron chi connectivity index (χ1n) is 12.5. The van der Waals surface area contributed by atoms with Gasteiger partial charge in [-0.05, 0) is 43.4 Å². The summed E-state index contributed by atoms with van der Waals surface area (Å²) in [6, 6.07) is 13.6. The first-order valence-corrected chi connectivity index (χ1v) is 13.3. The number of fused-ring (bicyclic) bond motifs is 3. The van der Waals surface area contributed by atoms with Gasteiger partial charge < -0.3 is 20.6 Å². The van der Waals surface area contributed by atoms with Crippen molar-refractivity contribution < 1.29 is 24.3 Å². The summed E-state index contributed by atoms with van der Waals surface area (Å²) in [6.45, 7) is 7.70. The minimum absolute atomic E-state index is 0.0600. The minimum atomic E-state index is -1.15. The van der Waals surface area contributed by atoms with Crippen LogP contribution in [0.2, 0.25) is 0 Å². The van der Waals surface area contributed by atoms with E-state index in [-0.39, 0.29) is 23.6 Å². The highest BCUT2D eigenvalue weighted by Crippen LogP contribution is 2.56. The lowest BCUT2D eigenvalue weighted by molar-refractivity contribution is -0.142. The van der Waals surface area contributed by atoms with Crippen molar-refractivity contribution in [3.8, 4) is 0 Å². The van der Waals surface area contributed by atoms with Crippen molar-refractivity contribution in [3.05, 3.63) is 71.3 Å². The van der Waals surface area contributed by atoms with Crippen LogP contribution in [0.1, 0.15) is 61.0 Å². The molecule has 0 spiro atoms. The molecule has 0 bridgehead atoms. The Morgan fingerprint density at radius 1 is 1.00 bits per heavy atom. The molecule has 1 fully saturated rings. The standard InChI is InChI=1S/C28H33N3O5S/c1-16(2)14-20(23(32)30-21(27(35)36)15-17-10-6-5-7-11-17)29-24(33)22-28(3,4)37-26-19-13-9-8-12-18(19)25(34)31(22)26/h5-13,16,20-22,26H,14-15H2,1-4H3,(H,29,33)(H,30,32)(H,35,36)/t20-,21-,22-,26+/m0/s1. The molecule has 2 heterocycles. The lowest BCUT2D eigenvalue weighted by atomic mass is 9.98. The molecule has 0 aliphatic carbocycles. The molecule has 2 aromatic rings. The zero-order valence-electron chi connectivity index (χ0n) is 21.4. The van der Waals surface area contributed by atoms with E-state index in [0.717, 1.165) is 11.1 Å². The molecule has 0 radical (unpaired) electrons. The summed E-state index contributed by atoms with van der Waals surface area (Å²) < 4.78 is -0.590. The molecule has 0 unspecified atom stereocenters. The van der Waals surface area contributed by atoms with Crippen molar-refractivity contribution in [1.82, 2.24) is 15.5 Å². The van der Waals surface area contributed by atoms with E-state index < -0.39 is 40.7 Å². The fraction of sp³-hybridized carbons (Fsp3) is 0.429. The second kappa shape index (κ2) is 10.6. The third kappa shape index (κ3) is 5.51. The van der Waals surface area contributed by atoms with Crippen LogP contribution < -0.4 is 10.6 Å². The van der Waals surface area contributed by atoms with Gasteiger partial charge in [0.05, 0.1) is 0 Å². The Bertz CT molecular complexity index is 1200. The molecule has 2 aliphatic rings. The Morgan fingerprint density at radius 2 is 1.65 bits per heavy atom. The van der Waals surface area contributed by atoms with E-state index >= 15 is 0 Å². The van der Waals surface area contributed by atoms with Crippen molar-refractivity contribution in [2.75, 3.05) is 0 Å². The quantitative estimate of drug-likeness (QED) is 0.464. The molecule has 4 rings (SSSR count). The van der Waals surface area contributed by atoms with Crippen LogP contribution >= 0.6 is 11.8 Å². The minimum Gasteiger partial charge on any atom is -0.480 e. The van der Waals surface area contributed by atoms with Crippen LogP contribution in [0.5, 0.6) is 0 Å². The Balaban J connectivity index is 1.53. The summed E-state index contributed by atoms with van der Waals surface area (Å²) in [5.74, 6) is -2.26. The highest BCUT2D eigenvalue weighted by molar-refractivity contribution is 8.01. The number of benzene rings is 2. The van der Waals surface area contributed by atoms with Gasteiger partial charge in [0.2, 0.25) is 11.8 Å². The summed E-state index contributed by atoms with van der Waals surface area (Å²) in [7, 11) is 0. The van der Waals surface area contributed by atoms with Crippen LogP contribution in [0, 0.1) is 5.92 Å². The molecule has 3 amide bonds. The molecule has 1 saturated heterocycles. The van der Waals surface area contributed by atoms with Gasteiger partial charge in [-0.25, -0.2) is 4.79 Å². The normalized spacial score (nSPS) is 21.2. The van der Waals surface area contributed by atoms with E-state index in [0.29, 0.717) is 12.0 Å². The van der Waals surface area contributed by atoms with Crippen LogP contribution in [-0.2, 0) is 20.8 Å². The maximum Gasteiger partial charge on any atom is 0.326 e. The van der Waals surface area contributed by atoms with Crippen LogP contribution in [0.3, 0.4) is 0 Å². The smallest absolute Gasteiger partial charge is 0.326 e. The second-order valence-corrected chi connectivity index (χ2v) is 12.3. The van der Waals surface area contributed by atoms with Gasteiger partial charge in [0.1, 0.15) is 23.5 Å². The van der Waals surface area contributed by atoms with Crippen LogP contribution in [-0.4, -0.2) is 56.6 Å². The highest BCUT2D eigenvalue weighted by Gasteiger charge is 2.57. The fourth-order valence-electron chi connectivity index (χ4n) is 5.08. The predicted octanol–water partition coefficient (Wildman–Crippen LogP) is 3.38. The number of hydrogen-bond donors (Lipinski definition) is 3. The number of carboxylic acid groups (broad SMARTS) is 1. The maximum atomic E-state index is 13.7. The molecule has 0 aromatic heterocycles. The predicted molar refractivity (Wildman–Crippen MR) is 142 cm³/mol. The number of nitrogens with zero attached hydrogens (tertiary/aromatic N) is 1. The molecular formula is C28H33N3O5S. The summed E-state index contributed by atoms with van der Waals surface area (Å²) in [6.07, 6.45) is 0.450.